The minimum absolute atomic E-state index is 0.112. The molecule has 2 heterocycles. The summed E-state index contributed by atoms with van der Waals surface area (Å²) in [4.78, 5) is 19.8. The van der Waals surface area contributed by atoms with Gasteiger partial charge in [0.25, 0.3) is 5.91 Å². The lowest BCUT2D eigenvalue weighted by atomic mass is 10.1. The number of hydrogen-bond donors (Lipinski definition) is 0. The number of carbonyl (C=O) groups excluding carboxylic acids is 1. The van der Waals surface area contributed by atoms with Gasteiger partial charge in [-0.15, -0.1) is 11.3 Å². The van der Waals surface area contributed by atoms with Crippen LogP contribution in [0.25, 0.3) is 10.7 Å². The van der Waals surface area contributed by atoms with Crippen LogP contribution in [0.2, 0.25) is 0 Å². The zero-order valence-electron chi connectivity index (χ0n) is 15.7. The number of aryl methyl sites for hydroxylation is 1. The van der Waals surface area contributed by atoms with Crippen LogP contribution in [-0.4, -0.2) is 33.6 Å². The van der Waals surface area contributed by atoms with Crippen LogP contribution >= 0.6 is 11.3 Å². The first kappa shape index (κ1) is 19.1. The molecule has 6 nitrogen and oxygen atoms in total. The van der Waals surface area contributed by atoms with E-state index in [4.69, 9.17) is 9.26 Å². The Morgan fingerprint density at radius 1 is 1.26 bits per heavy atom. The molecule has 1 amide bonds. The van der Waals surface area contributed by atoms with Crippen molar-refractivity contribution in [1.29, 1.82) is 0 Å². The Labute approximate surface area is 162 Å². The van der Waals surface area contributed by atoms with E-state index in [0.717, 1.165) is 22.6 Å². The van der Waals surface area contributed by atoms with Crippen molar-refractivity contribution in [2.75, 3.05) is 6.54 Å². The SMILES string of the molecule is CCc1ccccc1O[C@@H](C)C(=O)N(CC)Cc1nc(-c2cccs2)no1. The quantitative estimate of drug-likeness (QED) is 0.582. The van der Waals surface area contributed by atoms with Crippen LogP contribution in [0.3, 0.4) is 0 Å². The lowest BCUT2D eigenvalue weighted by molar-refractivity contribution is -0.138. The van der Waals surface area contributed by atoms with Crippen molar-refractivity contribution in [2.45, 2.75) is 39.8 Å². The molecule has 0 aliphatic carbocycles. The Bertz CT molecular complexity index is 876. The third kappa shape index (κ3) is 4.54. The lowest BCUT2D eigenvalue weighted by Crippen LogP contribution is -2.40. The summed E-state index contributed by atoms with van der Waals surface area (Å²) in [5, 5.41) is 5.95. The summed E-state index contributed by atoms with van der Waals surface area (Å²) in [6.45, 7) is 6.53. The van der Waals surface area contributed by atoms with Crippen LogP contribution in [0.5, 0.6) is 5.75 Å². The number of ether oxygens (including phenoxy) is 1. The zero-order chi connectivity index (χ0) is 19.2. The number of carbonyl (C=O) groups is 1. The number of para-hydroxylation sites is 1. The van der Waals surface area contributed by atoms with Crippen LogP contribution < -0.4 is 4.74 Å². The van der Waals surface area contributed by atoms with Gasteiger partial charge in [-0.1, -0.05) is 36.3 Å². The number of benzene rings is 1. The minimum atomic E-state index is -0.600. The summed E-state index contributed by atoms with van der Waals surface area (Å²) in [6.07, 6.45) is 0.250. The van der Waals surface area contributed by atoms with E-state index < -0.39 is 6.10 Å². The van der Waals surface area contributed by atoms with Crippen LogP contribution in [0.4, 0.5) is 0 Å². The van der Waals surface area contributed by atoms with E-state index in [2.05, 4.69) is 17.1 Å². The van der Waals surface area contributed by atoms with Gasteiger partial charge in [-0.3, -0.25) is 4.79 Å². The largest absolute Gasteiger partial charge is 0.481 e. The van der Waals surface area contributed by atoms with Gasteiger partial charge in [-0.25, -0.2) is 0 Å². The number of hydrogen-bond acceptors (Lipinski definition) is 6. The Balaban J connectivity index is 1.66. The molecule has 1 aromatic carbocycles. The lowest BCUT2D eigenvalue weighted by Gasteiger charge is -2.24. The second-order valence-corrected chi connectivity index (χ2v) is 7.01. The molecule has 0 unspecified atom stereocenters. The van der Waals surface area contributed by atoms with Gasteiger partial charge in [-0.2, -0.15) is 4.98 Å². The summed E-state index contributed by atoms with van der Waals surface area (Å²) in [5.74, 6) is 1.59. The number of amides is 1. The molecular formula is C20H23N3O3S. The van der Waals surface area contributed by atoms with Gasteiger partial charge < -0.3 is 14.2 Å². The van der Waals surface area contributed by atoms with E-state index in [-0.39, 0.29) is 12.5 Å². The van der Waals surface area contributed by atoms with E-state index in [9.17, 15) is 4.79 Å². The first-order valence-electron chi connectivity index (χ1n) is 9.02. The van der Waals surface area contributed by atoms with Crippen LogP contribution in [0.15, 0.2) is 46.3 Å². The fraction of sp³-hybridized carbons (Fsp3) is 0.350. The summed E-state index contributed by atoms with van der Waals surface area (Å²) >= 11 is 1.54. The highest BCUT2D eigenvalue weighted by molar-refractivity contribution is 7.13. The third-order valence-electron chi connectivity index (χ3n) is 4.23. The second-order valence-electron chi connectivity index (χ2n) is 6.06. The van der Waals surface area contributed by atoms with Crippen molar-refractivity contribution < 1.29 is 14.1 Å². The van der Waals surface area contributed by atoms with Gasteiger partial charge in [0, 0.05) is 6.54 Å². The van der Waals surface area contributed by atoms with Gasteiger partial charge in [0.1, 0.15) is 12.3 Å². The highest BCUT2D eigenvalue weighted by Crippen LogP contribution is 2.22. The molecule has 7 heteroatoms. The van der Waals surface area contributed by atoms with Gasteiger partial charge >= 0.3 is 0 Å². The average Bonchev–Trinajstić information content (AvgIpc) is 3.37. The Morgan fingerprint density at radius 3 is 2.78 bits per heavy atom. The maximum absolute atomic E-state index is 12.8. The molecule has 3 rings (SSSR count). The Morgan fingerprint density at radius 2 is 2.07 bits per heavy atom. The van der Waals surface area contributed by atoms with E-state index in [1.807, 2.05) is 48.7 Å². The fourth-order valence-corrected chi connectivity index (χ4v) is 3.39. The standard InChI is InChI=1S/C20H23N3O3S/c1-4-15-9-6-7-10-16(15)25-14(3)20(24)23(5-2)13-18-21-19(22-26-18)17-11-8-12-27-17/h6-12,14H,4-5,13H2,1-3H3/t14-/m0/s1. The molecule has 0 aliphatic heterocycles. The van der Waals surface area contributed by atoms with Crippen molar-refractivity contribution in [1.82, 2.24) is 15.0 Å². The van der Waals surface area contributed by atoms with Gasteiger partial charge in [0.2, 0.25) is 11.7 Å². The zero-order valence-corrected chi connectivity index (χ0v) is 16.5. The Hall–Kier alpha value is -2.67. The second kappa shape index (κ2) is 8.81. The minimum Gasteiger partial charge on any atom is -0.481 e. The van der Waals surface area contributed by atoms with E-state index >= 15 is 0 Å². The van der Waals surface area contributed by atoms with Crippen LogP contribution in [0.1, 0.15) is 32.2 Å². The highest BCUT2D eigenvalue weighted by Gasteiger charge is 2.24. The molecule has 0 saturated heterocycles. The fourth-order valence-electron chi connectivity index (χ4n) is 2.74. The molecule has 3 aromatic rings. The molecule has 142 valence electrons. The molecule has 0 fully saturated rings. The summed E-state index contributed by atoms with van der Waals surface area (Å²) < 4.78 is 11.2. The topological polar surface area (TPSA) is 68.5 Å². The van der Waals surface area contributed by atoms with Crippen molar-refractivity contribution in [3.8, 4) is 16.5 Å². The van der Waals surface area contributed by atoms with Crippen LogP contribution in [0, 0.1) is 0 Å². The first-order valence-corrected chi connectivity index (χ1v) is 9.90. The smallest absolute Gasteiger partial charge is 0.263 e. The predicted octanol–water partition coefficient (Wildman–Crippen LogP) is 4.18. The van der Waals surface area contributed by atoms with E-state index in [1.54, 1.807) is 23.2 Å². The van der Waals surface area contributed by atoms with Crippen LogP contribution in [-0.2, 0) is 17.8 Å². The molecule has 2 aromatic heterocycles. The highest BCUT2D eigenvalue weighted by atomic mass is 32.1. The average molecular weight is 385 g/mol. The normalized spacial score (nSPS) is 12.0. The maximum Gasteiger partial charge on any atom is 0.263 e. The monoisotopic (exact) mass is 385 g/mol. The van der Waals surface area contributed by atoms with Gasteiger partial charge in [0.05, 0.1) is 4.88 Å². The summed E-state index contributed by atoms with van der Waals surface area (Å²) in [5.41, 5.74) is 1.08. The number of rotatable bonds is 8. The molecule has 0 bridgehead atoms. The number of aromatic nitrogens is 2. The molecule has 0 saturated carbocycles. The number of likely N-dealkylation sites (N-methyl/N-ethyl adjacent to an activating group) is 1. The maximum atomic E-state index is 12.8. The predicted molar refractivity (Wildman–Crippen MR) is 105 cm³/mol. The van der Waals surface area contributed by atoms with Crippen molar-refractivity contribution >= 4 is 17.2 Å². The molecular weight excluding hydrogens is 362 g/mol. The molecule has 0 radical (unpaired) electrons. The van der Waals surface area contributed by atoms with Crippen molar-refractivity contribution in [2.24, 2.45) is 0 Å². The van der Waals surface area contributed by atoms with Gasteiger partial charge in [0.15, 0.2) is 6.10 Å². The first-order chi connectivity index (χ1) is 13.1. The van der Waals surface area contributed by atoms with Crippen molar-refractivity contribution in [3.63, 3.8) is 0 Å². The van der Waals surface area contributed by atoms with E-state index in [1.165, 1.54) is 0 Å². The molecule has 1 atom stereocenters. The van der Waals surface area contributed by atoms with Crippen molar-refractivity contribution in [3.05, 3.63) is 53.2 Å². The molecule has 27 heavy (non-hydrogen) atoms. The summed E-state index contributed by atoms with van der Waals surface area (Å²) in [6, 6.07) is 11.7. The number of nitrogens with zero attached hydrogens (tertiary/aromatic N) is 3. The molecule has 0 spiro atoms. The van der Waals surface area contributed by atoms with Gasteiger partial charge in [-0.05, 0) is 43.3 Å². The molecule has 0 N–H and O–H groups in total. The molecule has 0 aliphatic rings. The van der Waals surface area contributed by atoms with E-state index in [0.29, 0.717) is 18.3 Å². The Kier molecular flexibility index (Phi) is 6.24. The number of thiophene rings is 1. The third-order valence-corrected chi connectivity index (χ3v) is 5.10. The summed E-state index contributed by atoms with van der Waals surface area (Å²) in [7, 11) is 0.